The van der Waals surface area contributed by atoms with Crippen LogP contribution in [0.15, 0.2) is 25.3 Å². The normalized spacial score (nSPS) is 33.4. The van der Waals surface area contributed by atoms with Crippen molar-refractivity contribution in [3.05, 3.63) is 25.3 Å². The number of nitrogens with zero attached hydrogens (tertiary/aromatic N) is 2. The van der Waals surface area contributed by atoms with E-state index in [-0.39, 0.29) is 37.6 Å². The molecule has 8 nitrogen and oxygen atoms in total. The standard InChI is InChI=1S/C28H42N2O6/c1-4-6-10-19-35-26(34)22-21-24(32)30(17-11-18-31)23(28(21)15-14-27(22,3)36-28)25(33)29(16-5-2)20-12-8-7-9-13-20/h4-5,20-23,31H,1-2,6-19H2,3H3/t21-,22-,23?,27+,28?/m0/s1. The van der Waals surface area contributed by atoms with Gasteiger partial charge < -0.3 is 24.4 Å². The third-order valence-corrected chi connectivity index (χ3v) is 8.74. The summed E-state index contributed by atoms with van der Waals surface area (Å²) in [4.78, 5) is 45.0. The van der Waals surface area contributed by atoms with Crippen molar-refractivity contribution in [2.45, 2.75) is 94.4 Å². The van der Waals surface area contributed by atoms with Crippen molar-refractivity contribution >= 4 is 17.8 Å². The summed E-state index contributed by atoms with van der Waals surface area (Å²) in [6.07, 6.45) is 11.6. The summed E-state index contributed by atoms with van der Waals surface area (Å²) in [5.41, 5.74) is -1.90. The Kier molecular flexibility index (Phi) is 8.25. The Balaban J connectivity index is 1.67. The fourth-order valence-corrected chi connectivity index (χ4v) is 7.14. The summed E-state index contributed by atoms with van der Waals surface area (Å²) in [7, 11) is 0. The molecule has 200 valence electrons. The number of amides is 2. The van der Waals surface area contributed by atoms with Gasteiger partial charge in [0, 0.05) is 25.7 Å². The number of hydrogen-bond donors (Lipinski definition) is 1. The number of carbonyl (C=O) groups is 3. The number of hydrogen-bond acceptors (Lipinski definition) is 6. The van der Waals surface area contributed by atoms with Crippen molar-refractivity contribution in [2.24, 2.45) is 11.8 Å². The summed E-state index contributed by atoms with van der Waals surface area (Å²) in [6, 6.07) is -0.710. The smallest absolute Gasteiger partial charge is 0.312 e. The number of ether oxygens (including phenoxy) is 2. The Hall–Kier alpha value is -2.19. The van der Waals surface area contributed by atoms with Gasteiger partial charge in [-0.05, 0) is 51.9 Å². The maximum Gasteiger partial charge on any atom is 0.312 e. The van der Waals surface area contributed by atoms with E-state index >= 15 is 0 Å². The lowest BCUT2D eigenvalue weighted by Gasteiger charge is -2.40. The van der Waals surface area contributed by atoms with Gasteiger partial charge in [-0.3, -0.25) is 14.4 Å². The first-order valence-corrected chi connectivity index (χ1v) is 13.6. The van der Waals surface area contributed by atoms with Crippen LogP contribution in [0, 0.1) is 11.8 Å². The van der Waals surface area contributed by atoms with Gasteiger partial charge in [0.1, 0.15) is 17.6 Å². The van der Waals surface area contributed by atoms with E-state index in [1.54, 1.807) is 17.1 Å². The molecule has 1 saturated carbocycles. The van der Waals surface area contributed by atoms with Crippen molar-refractivity contribution in [1.82, 2.24) is 9.80 Å². The Morgan fingerprint density at radius 2 is 1.94 bits per heavy atom. The number of carbonyl (C=O) groups excluding carboxylic acids is 3. The monoisotopic (exact) mass is 502 g/mol. The lowest BCUT2D eigenvalue weighted by molar-refractivity contribution is -0.161. The van der Waals surface area contributed by atoms with Crippen LogP contribution in [0.25, 0.3) is 0 Å². The van der Waals surface area contributed by atoms with Gasteiger partial charge in [0.25, 0.3) is 0 Å². The molecule has 3 aliphatic heterocycles. The van der Waals surface area contributed by atoms with E-state index in [2.05, 4.69) is 13.2 Å². The molecule has 1 N–H and O–H groups in total. The summed E-state index contributed by atoms with van der Waals surface area (Å²) in [6.45, 7) is 10.3. The molecule has 3 saturated heterocycles. The Bertz CT molecular complexity index is 870. The third-order valence-electron chi connectivity index (χ3n) is 8.74. The van der Waals surface area contributed by atoms with Crippen molar-refractivity contribution in [1.29, 1.82) is 0 Å². The minimum Gasteiger partial charge on any atom is -0.465 e. The van der Waals surface area contributed by atoms with Crippen LogP contribution in [-0.4, -0.2) is 82.3 Å². The van der Waals surface area contributed by atoms with Crippen molar-refractivity contribution in [2.75, 3.05) is 26.3 Å². The zero-order chi connectivity index (χ0) is 25.9. The zero-order valence-corrected chi connectivity index (χ0v) is 21.7. The predicted molar refractivity (Wildman–Crippen MR) is 135 cm³/mol. The average molecular weight is 503 g/mol. The molecule has 3 heterocycles. The second-order valence-corrected chi connectivity index (χ2v) is 11.0. The first-order chi connectivity index (χ1) is 17.3. The van der Waals surface area contributed by atoms with Crippen molar-refractivity contribution in [3.8, 4) is 0 Å². The Labute approximate surface area is 214 Å². The summed E-state index contributed by atoms with van der Waals surface area (Å²) < 4.78 is 12.3. The fourth-order valence-electron chi connectivity index (χ4n) is 7.14. The number of allylic oxidation sites excluding steroid dienone is 1. The molecule has 8 heteroatoms. The highest BCUT2D eigenvalue weighted by Crippen LogP contribution is 2.63. The average Bonchev–Trinajstić information content (AvgIpc) is 3.44. The van der Waals surface area contributed by atoms with Gasteiger partial charge in [0.2, 0.25) is 11.8 Å². The highest BCUT2D eigenvalue weighted by molar-refractivity contribution is 5.98. The second-order valence-electron chi connectivity index (χ2n) is 11.0. The molecule has 0 aromatic rings. The largest absolute Gasteiger partial charge is 0.465 e. The lowest BCUT2D eigenvalue weighted by Crippen LogP contribution is -2.58. The molecule has 0 aromatic carbocycles. The van der Waals surface area contributed by atoms with E-state index < -0.39 is 35.0 Å². The number of likely N-dealkylation sites (tertiary alicyclic amines) is 1. The van der Waals surface area contributed by atoms with Gasteiger partial charge in [-0.2, -0.15) is 0 Å². The third kappa shape index (κ3) is 4.51. The molecule has 4 rings (SSSR count). The fraction of sp³-hybridized carbons (Fsp3) is 0.750. The molecule has 1 spiro atoms. The first-order valence-electron chi connectivity index (χ1n) is 13.6. The van der Waals surface area contributed by atoms with Gasteiger partial charge >= 0.3 is 5.97 Å². The molecule has 1 aliphatic carbocycles. The number of unbranched alkanes of at least 4 members (excludes halogenated alkanes) is 1. The molecule has 4 fully saturated rings. The van der Waals surface area contributed by atoms with E-state index in [4.69, 9.17) is 9.47 Å². The number of aliphatic hydroxyl groups excluding tert-OH is 1. The zero-order valence-electron chi connectivity index (χ0n) is 21.7. The predicted octanol–water partition coefficient (Wildman–Crippen LogP) is 2.99. The minimum absolute atomic E-state index is 0.0886. The van der Waals surface area contributed by atoms with Crippen LogP contribution in [-0.2, 0) is 23.9 Å². The van der Waals surface area contributed by atoms with Crippen LogP contribution >= 0.6 is 0 Å². The van der Waals surface area contributed by atoms with E-state index in [9.17, 15) is 19.5 Å². The molecule has 0 aromatic heterocycles. The summed E-state index contributed by atoms with van der Waals surface area (Å²) in [5, 5.41) is 9.53. The van der Waals surface area contributed by atoms with Crippen LogP contribution in [0.5, 0.6) is 0 Å². The Morgan fingerprint density at radius 3 is 2.61 bits per heavy atom. The highest BCUT2D eigenvalue weighted by Gasteiger charge is 2.78. The molecular weight excluding hydrogens is 460 g/mol. The van der Waals surface area contributed by atoms with Gasteiger partial charge in [-0.25, -0.2) is 0 Å². The molecule has 0 radical (unpaired) electrons. The van der Waals surface area contributed by atoms with Crippen LogP contribution in [0.2, 0.25) is 0 Å². The molecule has 2 unspecified atom stereocenters. The maximum absolute atomic E-state index is 14.3. The van der Waals surface area contributed by atoms with Crippen LogP contribution in [0.3, 0.4) is 0 Å². The van der Waals surface area contributed by atoms with Crippen molar-refractivity contribution in [3.63, 3.8) is 0 Å². The van der Waals surface area contributed by atoms with Gasteiger partial charge in [-0.15, -0.1) is 13.2 Å². The van der Waals surface area contributed by atoms with E-state index in [1.165, 1.54) is 6.42 Å². The second kappa shape index (κ2) is 11.1. The molecule has 2 amide bonds. The summed E-state index contributed by atoms with van der Waals surface area (Å²) in [5.74, 6) is -2.29. The minimum atomic E-state index is -1.06. The topological polar surface area (TPSA) is 96.4 Å². The number of fused-ring (bicyclic) bond motifs is 1. The molecule has 5 atom stereocenters. The maximum atomic E-state index is 14.3. The van der Waals surface area contributed by atoms with Gasteiger partial charge in [0.15, 0.2) is 0 Å². The quantitative estimate of drug-likeness (QED) is 0.250. The number of aliphatic hydroxyl groups is 1. The summed E-state index contributed by atoms with van der Waals surface area (Å²) >= 11 is 0. The van der Waals surface area contributed by atoms with Gasteiger partial charge in [-0.1, -0.05) is 31.4 Å². The highest BCUT2D eigenvalue weighted by atomic mass is 16.6. The molecule has 4 aliphatic rings. The van der Waals surface area contributed by atoms with E-state index in [1.807, 2.05) is 11.8 Å². The molecular formula is C28H42N2O6. The van der Waals surface area contributed by atoms with Crippen LogP contribution in [0.4, 0.5) is 0 Å². The van der Waals surface area contributed by atoms with Crippen LogP contribution in [0.1, 0.15) is 71.1 Å². The Morgan fingerprint density at radius 1 is 1.19 bits per heavy atom. The van der Waals surface area contributed by atoms with Crippen molar-refractivity contribution < 1.29 is 29.0 Å². The SMILES string of the molecule is C=CCCCOC(=O)[C@@H]1[C@H]2C(=O)N(CCCO)C(C(=O)N(CC=C)C3CCCCC3)C23CC[C@@]1(C)O3. The van der Waals surface area contributed by atoms with Gasteiger partial charge in [0.05, 0.1) is 18.1 Å². The molecule has 36 heavy (non-hydrogen) atoms. The number of esters is 1. The van der Waals surface area contributed by atoms with Crippen LogP contribution < -0.4 is 0 Å². The first kappa shape index (κ1) is 26.9. The molecule has 2 bridgehead atoms. The van der Waals surface area contributed by atoms with E-state index in [0.717, 1.165) is 32.1 Å². The lowest BCUT2D eigenvalue weighted by atomic mass is 9.66. The van der Waals surface area contributed by atoms with E-state index in [0.29, 0.717) is 32.2 Å². The number of rotatable bonds is 12.